The van der Waals surface area contributed by atoms with Crippen LogP contribution in [0.3, 0.4) is 0 Å². The van der Waals surface area contributed by atoms with Gasteiger partial charge in [-0.3, -0.25) is 14.2 Å². The van der Waals surface area contributed by atoms with E-state index in [4.69, 9.17) is 0 Å². The summed E-state index contributed by atoms with van der Waals surface area (Å²) in [4.78, 5) is 31.1. The van der Waals surface area contributed by atoms with Crippen LogP contribution in [0.15, 0.2) is 41.3 Å². The van der Waals surface area contributed by atoms with E-state index in [2.05, 4.69) is 15.6 Å². The Kier molecular flexibility index (Phi) is 5.97. The number of halogens is 6. The molecular formula is C28H26F6N4O2. The van der Waals surface area contributed by atoms with Gasteiger partial charge in [0.25, 0.3) is 5.91 Å². The maximum atomic E-state index is 15.7. The van der Waals surface area contributed by atoms with Gasteiger partial charge in [0.1, 0.15) is 35.2 Å². The summed E-state index contributed by atoms with van der Waals surface area (Å²) in [6.45, 7) is 0.359. The molecule has 40 heavy (non-hydrogen) atoms. The van der Waals surface area contributed by atoms with Gasteiger partial charge in [-0.2, -0.15) is 13.2 Å². The van der Waals surface area contributed by atoms with Gasteiger partial charge < -0.3 is 10.6 Å². The first-order valence-electron chi connectivity index (χ1n) is 13.1. The van der Waals surface area contributed by atoms with Crippen molar-refractivity contribution in [1.82, 2.24) is 14.9 Å². The summed E-state index contributed by atoms with van der Waals surface area (Å²) in [5.74, 6) is -1.99. The Hall–Kier alpha value is -3.57. The number of nitrogens with one attached hydrogen (secondary N) is 2. The van der Waals surface area contributed by atoms with Crippen molar-refractivity contribution in [3.05, 3.63) is 63.9 Å². The van der Waals surface area contributed by atoms with Crippen molar-refractivity contribution >= 4 is 22.8 Å². The summed E-state index contributed by atoms with van der Waals surface area (Å²) in [5, 5.41) is 4.81. The topological polar surface area (TPSA) is 76.0 Å². The SMILES string of the molecule is CC1(NC(=O)c2cn(-c3ccc(F)cc3F)c3nc(NCC(F)(F)F)ccc3c2=O)CC2CC3CC(F)(CC32)C1. The van der Waals surface area contributed by atoms with Crippen molar-refractivity contribution in [2.24, 2.45) is 17.8 Å². The van der Waals surface area contributed by atoms with Crippen molar-refractivity contribution in [1.29, 1.82) is 0 Å². The number of carbonyl (C=O) groups is 1. The lowest BCUT2D eigenvalue weighted by atomic mass is 9.62. The molecule has 3 aliphatic rings. The van der Waals surface area contributed by atoms with E-state index in [1.807, 2.05) is 0 Å². The van der Waals surface area contributed by atoms with E-state index in [0.29, 0.717) is 37.2 Å². The summed E-state index contributed by atoms with van der Waals surface area (Å²) in [6.07, 6.45) is -0.999. The molecule has 2 N–H and O–H groups in total. The number of pyridine rings is 2. The molecule has 6 rings (SSSR count). The molecular weight excluding hydrogens is 538 g/mol. The fraction of sp³-hybridized carbons (Fsp3) is 0.464. The molecule has 3 aromatic rings. The highest BCUT2D eigenvalue weighted by molar-refractivity contribution is 5.97. The molecule has 2 bridgehead atoms. The minimum absolute atomic E-state index is 0.111. The first kappa shape index (κ1) is 26.6. The average Bonchev–Trinajstić information content (AvgIpc) is 3.06. The number of anilines is 1. The van der Waals surface area contributed by atoms with Gasteiger partial charge in [-0.1, -0.05) is 0 Å². The highest BCUT2D eigenvalue weighted by Crippen LogP contribution is 2.62. The molecule has 0 saturated heterocycles. The van der Waals surface area contributed by atoms with E-state index >= 15 is 4.39 Å². The van der Waals surface area contributed by atoms with Gasteiger partial charge in [0.2, 0.25) is 5.43 Å². The number of aromatic nitrogens is 2. The lowest BCUT2D eigenvalue weighted by molar-refractivity contribution is -0.115. The van der Waals surface area contributed by atoms with E-state index in [1.54, 1.807) is 6.92 Å². The quantitative estimate of drug-likeness (QED) is 0.392. The molecule has 0 spiro atoms. The lowest BCUT2D eigenvalue weighted by Crippen LogP contribution is -2.53. The van der Waals surface area contributed by atoms with Crippen LogP contribution in [-0.2, 0) is 0 Å². The third-order valence-electron chi connectivity index (χ3n) is 8.62. The molecule has 3 fully saturated rings. The van der Waals surface area contributed by atoms with Crippen LogP contribution < -0.4 is 16.1 Å². The predicted octanol–water partition coefficient (Wildman–Crippen LogP) is 5.67. The van der Waals surface area contributed by atoms with Crippen LogP contribution in [0.4, 0.5) is 32.2 Å². The fourth-order valence-electron chi connectivity index (χ4n) is 7.15. The van der Waals surface area contributed by atoms with Gasteiger partial charge in [0.15, 0.2) is 5.65 Å². The first-order valence-corrected chi connectivity index (χ1v) is 13.1. The molecule has 3 saturated carbocycles. The van der Waals surface area contributed by atoms with Gasteiger partial charge >= 0.3 is 6.18 Å². The first-order chi connectivity index (χ1) is 18.7. The summed E-state index contributed by atoms with van der Waals surface area (Å²) in [6, 6.07) is 4.96. The van der Waals surface area contributed by atoms with Gasteiger partial charge in [-0.05, 0) is 74.6 Å². The van der Waals surface area contributed by atoms with Gasteiger partial charge in [-0.15, -0.1) is 0 Å². The smallest absolute Gasteiger partial charge is 0.361 e. The minimum atomic E-state index is -4.55. The molecule has 12 heteroatoms. The van der Waals surface area contributed by atoms with E-state index in [9.17, 15) is 31.5 Å². The maximum Gasteiger partial charge on any atom is 0.405 e. The largest absolute Gasteiger partial charge is 0.405 e. The maximum absolute atomic E-state index is 15.7. The molecule has 1 amide bonds. The van der Waals surface area contributed by atoms with Gasteiger partial charge in [0, 0.05) is 24.2 Å². The molecule has 2 heterocycles. The number of benzene rings is 1. The summed E-state index contributed by atoms with van der Waals surface area (Å²) in [5.41, 5.74) is -3.99. The van der Waals surface area contributed by atoms with Gasteiger partial charge in [-0.25, -0.2) is 18.2 Å². The molecule has 0 radical (unpaired) electrons. The zero-order valence-corrected chi connectivity index (χ0v) is 21.4. The molecule has 2 aromatic heterocycles. The number of amides is 1. The van der Waals surface area contributed by atoms with Crippen molar-refractivity contribution in [2.75, 3.05) is 11.9 Å². The van der Waals surface area contributed by atoms with Gasteiger partial charge in [0.05, 0.1) is 11.1 Å². The molecule has 3 aliphatic carbocycles. The Morgan fingerprint density at radius 1 is 1.12 bits per heavy atom. The number of carbonyl (C=O) groups excluding carboxylic acids is 1. The van der Waals surface area contributed by atoms with Crippen LogP contribution in [-0.4, -0.2) is 39.4 Å². The molecule has 6 nitrogen and oxygen atoms in total. The van der Waals surface area contributed by atoms with E-state index in [-0.39, 0.29) is 40.4 Å². The molecule has 0 aliphatic heterocycles. The number of hydrogen-bond acceptors (Lipinski definition) is 4. The fourth-order valence-corrected chi connectivity index (χ4v) is 7.15. The Bertz CT molecular complexity index is 1590. The monoisotopic (exact) mass is 564 g/mol. The number of alkyl halides is 4. The van der Waals surface area contributed by atoms with Crippen molar-refractivity contribution in [3.8, 4) is 5.69 Å². The summed E-state index contributed by atoms with van der Waals surface area (Å²) < 4.78 is 83.5. The highest BCUT2D eigenvalue weighted by atomic mass is 19.4. The Balaban J connectivity index is 1.41. The van der Waals surface area contributed by atoms with E-state index in [0.717, 1.165) is 35.4 Å². The molecule has 5 atom stereocenters. The number of fused-ring (bicyclic) bond motifs is 2. The standard InChI is InChI=1S/C28H26F6N4O2/c1-26(8-14-6-15-9-27(31,12-26)10-18(14)15)37-25(40)19-11-38(21-4-2-16(29)7-20(21)30)24-17(23(19)39)3-5-22(36-24)35-13-28(32,33)34/h2-5,7,11,14-15,18H,6,8-10,12-13H2,1H3,(H,35,36)(H,37,40). The number of nitrogens with zero attached hydrogens (tertiary/aromatic N) is 2. The molecule has 212 valence electrons. The summed E-state index contributed by atoms with van der Waals surface area (Å²) >= 11 is 0. The van der Waals surface area contributed by atoms with E-state index < -0.39 is 46.9 Å². The normalized spacial score (nSPS) is 29.1. The van der Waals surface area contributed by atoms with Crippen molar-refractivity contribution < 1.29 is 31.1 Å². The van der Waals surface area contributed by atoms with Crippen LogP contribution in [0.5, 0.6) is 0 Å². The van der Waals surface area contributed by atoms with Crippen molar-refractivity contribution in [3.63, 3.8) is 0 Å². The Morgan fingerprint density at radius 3 is 2.60 bits per heavy atom. The number of rotatable bonds is 5. The molecule has 5 unspecified atom stereocenters. The molecule has 1 aromatic carbocycles. The highest BCUT2D eigenvalue weighted by Gasteiger charge is 2.60. The van der Waals surface area contributed by atoms with E-state index in [1.165, 1.54) is 6.07 Å². The van der Waals surface area contributed by atoms with Crippen LogP contribution in [0.2, 0.25) is 0 Å². The second kappa shape index (κ2) is 8.97. The van der Waals surface area contributed by atoms with Crippen LogP contribution in [0, 0.1) is 29.4 Å². The van der Waals surface area contributed by atoms with Crippen LogP contribution in [0.25, 0.3) is 16.7 Å². The summed E-state index contributed by atoms with van der Waals surface area (Å²) in [7, 11) is 0. The third-order valence-corrected chi connectivity index (χ3v) is 8.62. The second-order valence-electron chi connectivity index (χ2n) is 11.7. The Labute approximate surface area is 224 Å². The number of hydrogen-bond donors (Lipinski definition) is 2. The zero-order valence-electron chi connectivity index (χ0n) is 21.4. The van der Waals surface area contributed by atoms with Crippen LogP contribution >= 0.6 is 0 Å². The average molecular weight is 565 g/mol. The second-order valence-corrected chi connectivity index (χ2v) is 11.7. The van der Waals surface area contributed by atoms with Crippen molar-refractivity contribution in [2.45, 2.75) is 56.4 Å². The van der Waals surface area contributed by atoms with Crippen LogP contribution in [0.1, 0.15) is 49.4 Å². The third kappa shape index (κ3) is 4.71. The minimum Gasteiger partial charge on any atom is -0.361 e. The Morgan fingerprint density at radius 2 is 1.88 bits per heavy atom. The lowest BCUT2D eigenvalue weighted by Gasteiger charge is -2.46. The predicted molar refractivity (Wildman–Crippen MR) is 135 cm³/mol. The zero-order chi connectivity index (χ0) is 28.6.